The monoisotopic (exact) mass is 459 g/mol. The first-order valence-corrected chi connectivity index (χ1v) is 10.9. The molecule has 1 saturated heterocycles. The lowest BCUT2D eigenvalue weighted by atomic mass is 10.1. The van der Waals surface area contributed by atoms with Crippen LogP contribution in [-0.2, 0) is 22.4 Å². The van der Waals surface area contributed by atoms with E-state index in [0.29, 0.717) is 27.2 Å². The van der Waals surface area contributed by atoms with Gasteiger partial charge in [-0.1, -0.05) is 60.1 Å². The van der Waals surface area contributed by atoms with Gasteiger partial charge in [-0.2, -0.15) is 5.26 Å². The number of halogens is 2. The summed E-state index contributed by atoms with van der Waals surface area (Å²) in [4.78, 5) is 27.1. The average Bonchev–Trinajstić information content (AvgIpc) is 3.06. The van der Waals surface area contributed by atoms with Gasteiger partial charge in [0, 0.05) is 22.8 Å². The van der Waals surface area contributed by atoms with E-state index in [4.69, 9.17) is 23.2 Å². The number of benzene rings is 2. The number of hydrogen-bond acceptors (Lipinski definition) is 4. The third-order valence-corrected chi connectivity index (χ3v) is 6.61. The predicted molar refractivity (Wildman–Crippen MR) is 122 cm³/mol. The first-order chi connectivity index (χ1) is 14.4. The lowest BCUT2D eigenvalue weighted by Gasteiger charge is -2.19. The number of amides is 2. The van der Waals surface area contributed by atoms with Gasteiger partial charge in [0.05, 0.1) is 5.25 Å². The number of aryl methyl sites for hydroxylation is 1. The summed E-state index contributed by atoms with van der Waals surface area (Å²) in [5.74, 6) is -0.741. The third-order valence-electron chi connectivity index (χ3n) is 4.76. The molecule has 1 N–H and O–H groups in total. The van der Waals surface area contributed by atoms with Gasteiger partial charge < -0.3 is 5.32 Å². The van der Waals surface area contributed by atoms with Crippen molar-refractivity contribution >= 4 is 52.5 Å². The standard InChI is InChI=1S/C22H19Cl2N3O2S/c1-3-13-4-8-16(9-5-13)27-21(29)19(10-14-6-7-15(23)11-18(14)24)30-22(27)17(12-25)20(28)26-2/h4-9,11,19H,3,10H2,1-2H3,(H,26,28)/b22-17-. The first kappa shape index (κ1) is 22.2. The summed E-state index contributed by atoms with van der Waals surface area (Å²) < 4.78 is 0. The molecule has 0 saturated carbocycles. The van der Waals surface area contributed by atoms with Crippen LogP contribution in [0.15, 0.2) is 53.1 Å². The molecule has 8 heteroatoms. The summed E-state index contributed by atoms with van der Waals surface area (Å²) in [6, 6.07) is 14.6. The van der Waals surface area contributed by atoms with E-state index in [2.05, 4.69) is 5.32 Å². The Kier molecular flexibility index (Phi) is 7.09. The zero-order valence-electron chi connectivity index (χ0n) is 16.4. The van der Waals surface area contributed by atoms with E-state index < -0.39 is 11.2 Å². The highest BCUT2D eigenvalue weighted by Crippen LogP contribution is 2.42. The zero-order valence-corrected chi connectivity index (χ0v) is 18.7. The molecule has 1 fully saturated rings. The number of carbonyl (C=O) groups excluding carboxylic acids is 2. The molecule has 1 heterocycles. The summed E-state index contributed by atoms with van der Waals surface area (Å²) in [6.07, 6.45) is 1.21. The molecule has 0 spiro atoms. The molecular formula is C22H19Cl2N3O2S. The number of nitrogens with zero attached hydrogens (tertiary/aromatic N) is 2. The number of carbonyl (C=O) groups is 2. The Morgan fingerprint density at radius 1 is 1.23 bits per heavy atom. The fourth-order valence-electron chi connectivity index (χ4n) is 3.11. The zero-order chi connectivity index (χ0) is 21.8. The number of thioether (sulfide) groups is 1. The van der Waals surface area contributed by atoms with Gasteiger partial charge in [-0.15, -0.1) is 0 Å². The molecule has 2 aromatic rings. The van der Waals surface area contributed by atoms with Crippen LogP contribution >= 0.6 is 35.0 Å². The first-order valence-electron chi connectivity index (χ1n) is 9.29. The molecule has 2 amide bonds. The fraction of sp³-hybridized carbons (Fsp3) is 0.227. The molecule has 1 unspecified atom stereocenters. The number of likely N-dealkylation sites (N-methyl/N-ethyl adjacent to an activating group) is 1. The Morgan fingerprint density at radius 3 is 2.50 bits per heavy atom. The number of rotatable bonds is 5. The third kappa shape index (κ3) is 4.49. The second-order valence-electron chi connectivity index (χ2n) is 6.61. The summed E-state index contributed by atoms with van der Waals surface area (Å²) in [6.45, 7) is 2.04. The summed E-state index contributed by atoms with van der Waals surface area (Å²) in [5, 5.41) is 12.9. The molecule has 0 radical (unpaired) electrons. The Balaban J connectivity index is 2.04. The molecule has 2 aromatic carbocycles. The van der Waals surface area contributed by atoms with Crippen LogP contribution < -0.4 is 10.2 Å². The molecule has 1 aliphatic heterocycles. The van der Waals surface area contributed by atoms with Crippen LogP contribution in [0.3, 0.4) is 0 Å². The molecule has 0 bridgehead atoms. The van der Waals surface area contributed by atoms with E-state index >= 15 is 0 Å². The van der Waals surface area contributed by atoms with Gasteiger partial charge in [-0.05, 0) is 48.2 Å². The molecular weight excluding hydrogens is 441 g/mol. The van der Waals surface area contributed by atoms with Gasteiger partial charge in [-0.3, -0.25) is 14.5 Å². The quantitative estimate of drug-likeness (QED) is 0.517. The topological polar surface area (TPSA) is 73.2 Å². The van der Waals surface area contributed by atoms with Crippen molar-refractivity contribution in [3.63, 3.8) is 0 Å². The number of nitriles is 1. The number of anilines is 1. The van der Waals surface area contributed by atoms with Crippen molar-refractivity contribution in [2.24, 2.45) is 0 Å². The van der Waals surface area contributed by atoms with Gasteiger partial charge >= 0.3 is 0 Å². The predicted octanol–water partition coefficient (Wildman–Crippen LogP) is 4.73. The SMILES string of the molecule is CCc1ccc(N2C(=O)C(Cc3ccc(Cl)cc3Cl)S/C2=C(/C#N)C(=O)NC)cc1. The van der Waals surface area contributed by atoms with Gasteiger partial charge in [-0.25, -0.2) is 0 Å². The van der Waals surface area contributed by atoms with Crippen molar-refractivity contribution in [1.82, 2.24) is 5.32 Å². The molecule has 0 aromatic heterocycles. The van der Waals surface area contributed by atoms with Crippen LogP contribution in [0.1, 0.15) is 18.1 Å². The van der Waals surface area contributed by atoms with Gasteiger partial charge in [0.1, 0.15) is 16.7 Å². The second kappa shape index (κ2) is 9.57. The van der Waals surface area contributed by atoms with Crippen LogP contribution in [0.4, 0.5) is 5.69 Å². The minimum Gasteiger partial charge on any atom is -0.354 e. The molecule has 30 heavy (non-hydrogen) atoms. The van der Waals surface area contributed by atoms with Crippen LogP contribution in [-0.4, -0.2) is 24.1 Å². The Labute approximate surface area is 189 Å². The number of nitrogens with one attached hydrogen (secondary N) is 1. The van der Waals surface area contributed by atoms with Crippen molar-refractivity contribution in [1.29, 1.82) is 5.26 Å². The molecule has 154 valence electrons. The number of hydrogen-bond donors (Lipinski definition) is 1. The smallest absolute Gasteiger partial charge is 0.264 e. The highest BCUT2D eigenvalue weighted by Gasteiger charge is 2.40. The fourth-order valence-corrected chi connectivity index (χ4v) is 4.90. The summed E-state index contributed by atoms with van der Waals surface area (Å²) >= 11 is 13.5. The van der Waals surface area contributed by atoms with Crippen LogP contribution in [0, 0.1) is 11.3 Å². The van der Waals surface area contributed by atoms with E-state index in [1.807, 2.05) is 37.3 Å². The maximum absolute atomic E-state index is 13.3. The van der Waals surface area contributed by atoms with Crippen molar-refractivity contribution in [3.05, 3.63) is 74.2 Å². The molecule has 0 aliphatic carbocycles. The lowest BCUT2D eigenvalue weighted by molar-refractivity contribution is -0.117. The highest BCUT2D eigenvalue weighted by atomic mass is 35.5. The summed E-state index contributed by atoms with van der Waals surface area (Å²) in [7, 11) is 1.45. The van der Waals surface area contributed by atoms with Crippen molar-refractivity contribution < 1.29 is 9.59 Å². The van der Waals surface area contributed by atoms with Crippen molar-refractivity contribution in [3.8, 4) is 6.07 Å². The van der Waals surface area contributed by atoms with E-state index in [-0.39, 0.29) is 11.5 Å². The van der Waals surface area contributed by atoms with E-state index in [9.17, 15) is 14.9 Å². The molecule has 5 nitrogen and oxygen atoms in total. The minimum absolute atomic E-state index is 0.0971. The van der Waals surface area contributed by atoms with E-state index in [1.165, 1.54) is 23.7 Å². The van der Waals surface area contributed by atoms with E-state index in [1.54, 1.807) is 18.2 Å². The second-order valence-corrected chi connectivity index (χ2v) is 8.65. The Hall–Kier alpha value is -2.46. The lowest BCUT2D eigenvalue weighted by Crippen LogP contribution is -2.31. The Bertz CT molecular complexity index is 1060. The van der Waals surface area contributed by atoms with Gasteiger partial charge in [0.2, 0.25) is 5.91 Å². The summed E-state index contributed by atoms with van der Waals surface area (Å²) in [5.41, 5.74) is 2.41. The highest BCUT2D eigenvalue weighted by molar-refractivity contribution is 8.05. The molecule has 3 rings (SSSR count). The van der Waals surface area contributed by atoms with Gasteiger partial charge in [0.25, 0.3) is 5.91 Å². The van der Waals surface area contributed by atoms with Crippen LogP contribution in [0.2, 0.25) is 10.0 Å². The molecule has 1 atom stereocenters. The van der Waals surface area contributed by atoms with Crippen molar-refractivity contribution in [2.45, 2.75) is 25.0 Å². The maximum atomic E-state index is 13.3. The van der Waals surface area contributed by atoms with Gasteiger partial charge in [0.15, 0.2) is 0 Å². The van der Waals surface area contributed by atoms with Crippen LogP contribution in [0.5, 0.6) is 0 Å². The average molecular weight is 460 g/mol. The Morgan fingerprint density at radius 2 is 1.93 bits per heavy atom. The molecule has 1 aliphatic rings. The van der Waals surface area contributed by atoms with E-state index in [0.717, 1.165) is 17.5 Å². The normalized spacial score (nSPS) is 17.6. The van der Waals surface area contributed by atoms with Crippen LogP contribution in [0.25, 0.3) is 0 Å². The van der Waals surface area contributed by atoms with Crippen molar-refractivity contribution in [2.75, 3.05) is 11.9 Å². The minimum atomic E-state index is -0.534. The maximum Gasteiger partial charge on any atom is 0.264 e. The largest absolute Gasteiger partial charge is 0.354 e.